The second-order valence-corrected chi connectivity index (χ2v) is 4.72. The number of anilines is 1. The fraction of sp³-hybridized carbons (Fsp3) is 0.667. The summed E-state index contributed by atoms with van der Waals surface area (Å²) in [5.41, 5.74) is 0.0105. The SMILES string of the molecule is CCn1ccnc(N2CC(C)NC(C)C2)c1=O. The van der Waals surface area contributed by atoms with Crippen LogP contribution in [0.15, 0.2) is 17.2 Å². The third kappa shape index (κ3) is 2.49. The number of piperazine rings is 1. The van der Waals surface area contributed by atoms with Crippen molar-refractivity contribution in [3.8, 4) is 0 Å². The van der Waals surface area contributed by atoms with Crippen molar-refractivity contribution in [1.29, 1.82) is 0 Å². The number of aromatic nitrogens is 2. The molecule has 2 rings (SSSR count). The van der Waals surface area contributed by atoms with Crippen molar-refractivity contribution in [1.82, 2.24) is 14.9 Å². The molecule has 0 spiro atoms. The van der Waals surface area contributed by atoms with Crippen molar-refractivity contribution < 1.29 is 0 Å². The molecule has 0 saturated carbocycles. The second kappa shape index (κ2) is 4.87. The zero-order chi connectivity index (χ0) is 12.4. The zero-order valence-electron chi connectivity index (χ0n) is 10.7. The highest BCUT2D eigenvalue weighted by atomic mass is 16.1. The third-order valence-corrected chi connectivity index (χ3v) is 3.09. The predicted octanol–water partition coefficient (Wildman–Crippen LogP) is 0.450. The lowest BCUT2D eigenvalue weighted by molar-refractivity contribution is 0.404. The average Bonchev–Trinajstić information content (AvgIpc) is 2.28. The molecule has 94 valence electrons. The van der Waals surface area contributed by atoms with Crippen LogP contribution in [-0.2, 0) is 6.54 Å². The molecule has 0 radical (unpaired) electrons. The standard InChI is InChI=1S/C12H20N4O/c1-4-15-6-5-13-11(12(15)17)16-7-9(2)14-10(3)8-16/h5-6,9-10,14H,4,7-8H2,1-3H3. The number of hydrogen-bond donors (Lipinski definition) is 1. The Balaban J connectivity index is 2.30. The van der Waals surface area contributed by atoms with Crippen molar-refractivity contribution >= 4 is 5.82 Å². The number of rotatable bonds is 2. The number of nitrogens with zero attached hydrogens (tertiary/aromatic N) is 3. The Morgan fingerprint density at radius 1 is 1.41 bits per heavy atom. The van der Waals surface area contributed by atoms with E-state index in [9.17, 15) is 4.79 Å². The molecule has 1 fully saturated rings. The van der Waals surface area contributed by atoms with Gasteiger partial charge in [0.1, 0.15) is 0 Å². The van der Waals surface area contributed by atoms with E-state index in [0.29, 0.717) is 24.4 Å². The van der Waals surface area contributed by atoms with Crippen molar-refractivity contribution in [2.45, 2.75) is 39.4 Å². The van der Waals surface area contributed by atoms with Crippen LogP contribution in [0.25, 0.3) is 0 Å². The lowest BCUT2D eigenvalue weighted by Gasteiger charge is -2.36. The minimum atomic E-state index is 0.0105. The first-order chi connectivity index (χ1) is 8.11. The van der Waals surface area contributed by atoms with Crippen molar-refractivity contribution in [2.24, 2.45) is 0 Å². The maximum absolute atomic E-state index is 12.2. The van der Waals surface area contributed by atoms with Crippen LogP contribution in [0.5, 0.6) is 0 Å². The minimum absolute atomic E-state index is 0.0105. The van der Waals surface area contributed by atoms with E-state index in [1.165, 1.54) is 0 Å². The summed E-state index contributed by atoms with van der Waals surface area (Å²) in [4.78, 5) is 18.5. The van der Waals surface area contributed by atoms with E-state index >= 15 is 0 Å². The first-order valence-electron chi connectivity index (χ1n) is 6.18. The first kappa shape index (κ1) is 12.1. The maximum Gasteiger partial charge on any atom is 0.293 e. The van der Waals surface area contributed by atoms with Gasteiger partial charge in [0.25, 0.3) is 5.56 Å². The van der Waals surface area contributed by atoms with Gasteiger partial charge in [0.2, 0.25) is 0 Å². The Morgan fingerprint density at radius 2 is 2.06 bits per heavy atom. The van der Waals surface area contributed by atoms with Gasteiger partial charge in [-0.3, -0.25) is 4.79 Å². The quantitative estimate of drug-likeness (QED) is 0.810. The fourth-order valence-corrected chi connectivity index (χ4v) is 2.40. The van der Waals surface area contributed by atoms with Crippen LogP contribution < -0.4 is 15.8 Å². The first-order valence-corrected chi connectivity index (χ1v) is 6.18. The molecule has 2 unspecified atom stereocenters. The third-order valence-electron chi connectivity index (χ3n) is 3.09. The normalized spacial score (nSPS) is 25.0. The predicted molar refractivity (Wildman–Crippen MR) is 68.4 cm³/mol. The summed E-state index contributed by atoms with van der Waals surface area (Å²) in [6.07, 6.45) is 3.44. The second-order valence-electron chi connectivity index (χ2n) is 4.72. The molecule has 0 amide bonds. The van der Waals surface area contributed by atoms with Crippen LogP contribution in [0.4, 0.5) is 5.82 Å². The fourth-order valence-electron chi connectivity index (χ4n) is 2.40. The van der Waals surface area contributed by atoms with Crippen LogP contribution >= 0.6 is 0 Å². The van der Waals surface area contributed by atoms with Crippen LogP contribution in [0.1, 0.15) is 20.8 Å². The van der Waals surface area contributed by atoms with Gasteiger partial charge < -0.3 is 14.8 Å². The van der Waals surface area contributed by atoms with Gasteiger partial charge in [-0.15, -0.1) is 0 Å². The van der Waals surface area contributed by atoms with Crippen molar-refractivity contribution in [2.75, 3.05) is 18.0 Å². The molecule has 2 heterocycles. The molecule has 0 aliphatic carbocycles. The minimum Gasteiger partial charge on any atom is -0.349 e. The van der Waals surface area contributed by atoms with Gasteiger partial charge in [0.05, 0.1) is 0 Å². The number of aryl methyl sites for hydroxylation is 1. The van der Waals surface area contributed by atoms with E-state index in [-0.39, 0.29) is 5.56 Å². The summed E-state index contributed by atoms with van der Waals surface area (Å²) in [7, 11) is 0. The molecule has 1 aliphatic rings. The highest BCUT2D eigenvalue weighted by Gasteiger charge is 2.23. The van der Waals surface area contributed by atoms with Gasteiger partial charge in [-0.2, -0.15) is 0 Å². The molecule has 5 heteroatoms. The largest absolute Gasteiger partial charge is 0.349 e. The van der Waals surface area contributed by atoms with E-state index in [2.05, 4.69) is 29.0 Å². The molecule has 0 aromatic carbocycles. The molecular weight excluding hydrogens is 216 g/mol. The van der Waals surface area contributed by atoms with Crippen LogP contribution in [0.3, 0.4) is 0 Å². The van der Waals surface area contributed by atoms with E-state index in [1.807, 2.05) is 6.92 Å². The molecule has 1 aliphatic heterocycles. The van der Waals surface area contributed by atoms with E-state index < -0.39 is 0 Å². The number of hydrogen-bond acceptors (Lipinski definition) is 4. The van der Waals surface area contributed by atoms with Gasteiger partial charge in [-0.1, -0.05) is 0 Å². The lowest BCUT2D eigenvalue weighted by atomic mass is 10.1. The van der Waals surface area contributed by atoms with Gasteiger partial charge in [-0.05, 0) is 20.8 Å². The molecule has 1 aromatic rings. The number of nitrogens with one attached hydrogen (secondary N) is 1. The molecule has 5 nitrogen and oxygen atoms in total. The van der Waals surface area contributed by atoms with E-state index in [1.54, 1.807) is 17.0 Å². The van der Waals surface area contributed by atoms with Crippen molar-refractivity contribution in [3.05, 3.63) is 22.7 Å². The van der Waals surface area contributed by atoms with Crippen LogP contribution in [-0.4, -0.2) is 34.7 Å². The highest BCUT2D eigenvalue weighted by Crippen LogP contribution is 2.10. The topological polar surface area (TPSA) is 50.2 Å². The Hall–Kier alpha value is -1.36. The summed E-state index contributed by atoms with van der Waals surface area (Å²) >= 11 is 0. The maximum atomic E-state index is 12.2. The molecule has 0 bridgehead atoms. The Morgan fingerprint density at radius 3 is 2.65 bits per heavy atom. The smallest absolute Gasteiger partial charge is 0.293 e. The molecule has 1 aromatic heterocycles. The van der Waals surface area contributed by atoms with Gasteiger partial charge >= 0.3 is 0 Å². The van der Waals surface area contributed by atoms with E-state index in [4.69, 9.17) is 0 Å². The summed E-state index contributed by atoms with van der Waals surface area (Å²) < 4.78 is 1.69. The molecular formula is C12H20N4O. The van der Waals surface area contributed by atoms with Crippen LogP contribution in [0, 0.1) is 0 Å². The monoisotopic (exact) mass is 236 g/mol. The summed E-state index contributed by atoms with van der Waals surface area (Å²) in [6.45, 7) is 8.58. The van der Waals surface area contributed by atoms with Crippen LogP contribution in [0.2, 0.25) is 0 Å². The molecule has 2 atom stereocenters. The van der Waals surface area contributed by atoms with E-state index in [0.717, 1.165) is 13.1 Å². The highest BCUT2D eigenvalue weighted by molar-refractivity contribution is 5.37. The average molecular weight is 236 g/mol. The van der Waals surface area contributed by atoms with Gasteiger partial charge in [0, 0.05) is 44.1 Å². The molecule has 17 heavy (non-hydrogen) atoms. The summed E-state index contributed by atoms with van der Waals surface area (Å²) in [5.74, 6) is 0.578. The zero-order valence-corrected chi connectivity index (χ0v) is 10.7. The molecule has 1 saturated heterocycles. The van der Waals surface area contributed by atoms with Gasteiger partial charge in [0.15, 0.2) is 5.82 Å². The Labute approximate surface area is 101 Å². The summed E-state index contributed by atoms with van der Waals surface area (Å²) in [6, 6.07) is 0.769. The molecule has 1 N–H and O–H groups in total. The lowest BCUT2D eigenvalue weighted by Crippen LogP contribution is -2.55. The summed E-state index contributed by atoms with van der Waals surface area (Å²) in [5, 5.41) is 3.45. The van der Waals surface area contributed by atoms with Crippen molar-refractivity contribution in [3.63, 3.8) is 0 Å². The Bertz CT molecular complexity index is 432. The van der Waals surface area contributed by atoms with Gasteiger partial charge in [-0.25, -0.2) is 4.98 Å². The Kier molecular flexibility index (Phi) is 3.47.